The average Bonchev–Trinajstić information content (AvgIpc) is 3.38. The second-order valence-corrected chi connectivity index (χ2v) is 8.32. The fourth-order valence-electron chi connectivity index (χ4n) is 4.21. The minimum atomic E-state index is -0.0894. The lowest BCUT2D eigenvalue weighted by Gasteiger charge is -2.31. The van der Waals surface area contributed by atoms with E-state index in [1.165, 1.54) is 6.33 Å². The van der Waals surface area contributed by atoms with E-state index in [2.05, 4.69) is 19.9 Å². The number of ether oxygens (including phenoxy) is 1. The van der Waals surface area contributed by atoms with Crippen LogP contribution in [-0.4, -0.2) is 50.9 Å². The third-order valence-electron chi connectivity index (χ3n) is 5.99. The van der Waals surface area contributed by atoms with Crippen molar-refractivity contribution >= 4 is 5.91 Å². The van der Waals surface area contributed by atoms with Gasteiger partial charge in [-0.1, -0.05) is 18.2 Å². The molecule has 0 radical (unpaired) electrons. The molecule has 3 aromatic heterocycles. The molecule has 5 rings (SSSR count). The third kappa shape index (κ3) is 4.80. The number of methoxy groups -OCH3 is 1. The van der Waals surface area contributed by atoms with Crippen molar-refractivity contribution in [3.63, 3.8) is 0 Å². The molecule has 4 heterocycles. The molecule has 1 atom stereocenters. The third-order valence-corrected chi connectivity index (χ3v) is 5.99. The second-order valence-electron chi connectivity index (χ2n) is 8.32. The smallest absolute Gasteiger partial charge is 0.272 e. The highest BCUT2D eigenvalue weighted by Gasteiger charge is 2.29. The van der Waals surface area contributed by atoms with E-state index < -0.39 is 0 Å². The largest absolute Gasteiger partial charge is 0.497 e. The van der Waals surface area contributed by atoms with Gasteiger partial charge in [-0.25, -0.2) is 19.9 Å². The fourth-order valence-corrected chi connectivity index (χ4v) is 4.21. The minimum Gasteiger partial charge on any atom is -0.497 e. The number of pyridine rings is 1. The highest BCUT2D eigenvalue weighted by molar-refractivity contribution is 5.93. The van der Waals surface area contributed by atoms with E-state index in [0.717, 1.165) is 35.5 Å². The molecule has 1 aliphatic heterocycles. The van der Waals surface area contributed by atoms with E-state index >= 15 is 0 Å². The highest BCUT2D eigenvalue weighted by atomic mass is 16.5. The number of benzene rings is 1. The van der Waals surface area contributed by atoms with Crippen LogP contribution in [0.1, 0.15) is 46.5 Å². The van der Waals surface area contributed by atoms with Gasteiger partial charge in [-0.15, -0.1) is 0 Å². The van der Waals surface area contributed by atoms with Gasteiger partial charge >= 0.3 is 0 Å². The molecule has 1 amide bonds. The molecule has 1 fully saturated rings. The zero-order valence-corrected chi connectivity index (χ0v) is 18.9. The van der Waals surface area contributed by atoms with Crippen LogP contribution in [-0.2, 0) is 6.42 Å². The molecule has 1 unspecified atom stereocenters. The first kappa shape index (κ1) is 21.8. The van der Waals surface area contributed by atoms with Crippen molar-refractivity contribution in [1.29, 1.82) is 0 Å². The van der Waals surface area contributed by atoms with Gasteiger partial charge in [-0.05, 0) is 42.7 Å². The molecule has 1 saturated heterocycles. The first-order valence-electron chi connectivity index (χ1n) is 11.3. The summed E-state index contributed by atoms with van der Waals surface area (Å²) in [6.07, 6.45) is 9.11. The maximum Gasteiger partial charge on any atom is 0.272 e. The molecule has 0 saturated carbocycles. The Morgan fingerprint density at radius 1 is 1.12 bits per heavy atom. The zero-order chi connectivity index (χ0) is 23.3. The monoisotopic (exact) mass is 455 g/mol. The second kappa shape index (κ2) is 9.82. The Hall–Kier alpha value is -4.07. The summed E-state index contributed by atoms with van der Waals surface area (Å²) < 4.78 is 11.3. The minimum absolute atomic E-state index is 0.0630. The van der Waals surface area contributed by atoms with Gasteiger partial charge in [0.2, 0.25) is 0 Å². The number of carbonyl (C=O) groups is 1. The van der Waals surface area contributed by atoms with Crippen LogP contribution >= 0.6 is 0 Å². The summed E-state index contributed by atoms with van der Waals surface area (Å²) in [6.45, 7) is 1.25. The van der Waals surface area contributed by atoms with Crippen LogP contribution in [0.3, 0.4) is 0 Å². The number of likely N-dealkylation sites (tertiary alicyclic amines) is 1. The first-order chi connectivity index (χ1) is 16.7. The fraction of sp³-hybridized carbons (Fsp3) is 0.269. The number of carbonyl (C=O) groups excluding carboxylic acids is 1. The zero-order valence-electron chi connectivity index (χ0n) is 18.9. The van der Waals surface area contributed by atoms with Crippen LogP contribution in [0.2, 0.25) is 0 Å². The van der Waals surface area contributed by atoms with E-state index in [-0.39, 0.29) is 11.8 Å². The van der Waals surface area contributed by atoms with Crippen molar-refractivity contribution in [2.24, 2.45) is 0 Å². The first-order valence-corrected chi connectivity index (χ1v) is 11.3. The van der Waals surface area contributed by atoms with Gasteiger partial charge in [0, 0.05) is 37.5 Å². The van der Waals surface area contributed by atoms with Crippen LogP contribution < -0.4 is 4.74 Å². The summed E-state index contributed by atoms with van der Waals surface area (Å²) in [4.78, 5) is 32.2. The molecule has 4 aromatic rings. The van der Waals surface area contributed by atoms with Gasteiger partial charge in [0.25, 0.3) is 5.91 Å². The highest BCUT2D eigenvalue weighted by Crippen LogP contribution is 2.28. The summed E-state index contributed by atoms with van der Waals surface area (Å²) in [7, 11) is 1.65. The summed E-state index contributed by atoms with van der Waals surface area (Å²) in [5.74, 6) is 2.29. The van der Waals surface area contributed by atoms with Gasteiger partial charge in [0.15, 0.2) is 5.89 Å². The SMILES string of the molecule is COc1ccc(Cc2cnc(C3CCCN(C(=O)c4cccc(-c5cncnc5)n4)C3)o2)cc1. The molecular weight excluding hydrogens is 430 g/mol. The van der Waals surface area contributed by atoms with Crippen LogP contribution in [0.4, 0.5) is 0 Å². The number of amides is 1. The lowest BCUT2D eigenvalue weighted by atomic mass is 9.97. The van der Waals surface area contributed by atoms with Crippen molar-refractivity contribution in [1.82, 2.24) is 24.8 Å². The van der Waals surface area contributed by atoms with Crippen LogP contribution in [0.15, 0.2) is 71.8 Å². The summed E-state index contributed by atoms with van der Waals surface area (Å²) >= 11 is 0. The number of nitrogens with zero attached hydrogens (tertiary/aromatic N) is 5. The summed E-state index contributed by atoms with van der Waals surface area (Å²) in [6, 6.07) is 13.3. The molecule has 1 aliphatic rings. The number of piperidine rings is 1. The standard InChI is InChI=1S/C26H25N5O3/c1-33-21-9-7-18(8-10-21)12-22-15-29-25(34-22)19-4-3-11-31(16-19)26(32)24-6-2-5-23(30-24)20-13-27-17-28-14-20/h2,5-10,13-15,17,19H,3-4,11-12,16H2,1H3. The Morgan fingerprint density at radius 2 is 1.94 bits per heavy atom. The predicted molar refractivity (Wildman–Crippen MR) is 125 cm³/mol. The molecule has 172 valence electrons. The van der Waals surface area contributed by atoms with E-state index in [9.17, 15) is 4.79 Å². The summed E-state index contributed by atoms with van der Waals surface area (Å²) in [5, 5.41) is 0. The number of aromatic nitrogens is 4. The lowest BCUT2D eigenvalue weighted by molar-refractivity contribution is 0.0692. The normalized spacial score (nSPS) is 15.8. The Balaban J connectivity index is 1.26. The Kier molecular flexibility index (Phi) is 6.29. The topological polar surface area (TPSA) is 94.2 Å². The van der Waals surface area contributed by atoms with Crippen LogP contribution in [0, 0.1) is 0 Å². The van der Waals surface area contributed by atoms with Gasteiger partial charge < -0.3 is 14.1 Å². The van der Waals surface area contributed by atoms with E-state index in [0.29, 0.717) is 36.8 Å². The quantitative estimate of drug-likeness (QED) is 0.431. The molecule has 1 aromatic carbocycles. The van der Waals surface area contributed by atoms with E-state index in [1.54, 1.807) is 31.8 Å². The van der Waals surface area contributed by atoms with Gasteiger partial charge in [-0.2, -0.15) is 0 Å². The molecule has 34 heavy (non-hydrogen) atoms. The molecular formula is C26H25N5O3. The molecule has 0 aliphatic carbocycles. The molecule has 0 spiro atoms. The number of hydrogen-bond donors (Lipinski definition) is 0. The van der Waals surface area contributed by atoms with Gasteiger partial charge in [0.1, 0.15) is 23.5 Å². The molecule has 0 bridgehead atoms. The average molecular weight is 456 g/mol. The maximum atomic E-state index is 13.2. The Morgan fingerprint density at radius 3 is 2.74 bits per heavy atom. The molecule has 8 heteroatoms. The van der Waals surface area contributed by atoms with Crippen molar-refractivity contribution < 1.29 is 13.9 Å². The Labute approximate surface area is 197 Å². The number of oxazole rings is 1. The molecule has 0 N–H and O–H groups in total. The lowest BCUT2D eigenvalue weighted by Crippen LogP contribution is -2.39. The van der Waals surface area contributed by atoms with E-state index in [1.807, 2.05) is 41.3 Å². The van der Waals surface area contributed by atoms with Crippen molar-refractivity contribution in [2.75, 3.05) is 20.2 Å². The van der Waals surface area contributed by atoms with Crippen LogP contribution in [0.5, 0.6) is 5.75 Å². The Bertz CT molecular complexity index is 1260. The van der Waals surface area contributed by atoms with Gasteiger partial charge in [0.05, 0.1) is 24.9 Å². The number of rotatable bonds is 6. The van der Waals surface area contributed by atoms with Crippen LogP contribution in [0.25, 0.3) is 11.3 Å². The van der Waals surface area contributed by atoms with Crippen molar-refractivity contribution in [3.05, 3.63) is 90.3 Å². The van der Waals surface area contributed by atoms with Crippen molar-refractivity contribution in [3.8, 4) is 17.0 Å². The number of hydrogen-bond acceptors (Lipinski definition) is 7. The summed E-state index contributed by atoms with van der Waals surface area (Å²) in [5.41, 5.74) is 2.99. The van der Waals surface area contributed by atoms with E-state index in [4.69, 9.17) is 9.15 Å². The maximum absolute atomic E-state index is 13.2. The van der Waals surface area contributed by atoms with Gasteiger partial charge in [-0.3, -0.25) is 4.79 Å². The molecule has 8 nitrogen and oxygen atoms in total. The predicted octanol–water partition coefficient (Wildman–Crippen LogP) is 4.15. The van der Waals surface area contributed by atoms with Crippen molar-refractivity contribution in [2.45, 2.75) is 25.2 Å².